The highest BCUT2D eigenvalue weighted by molar-refractivity contribution is 8.00. The van der Waals surface area contributed by atoms with E-state index in [0.29, 0.717) is 5.25 Å². The van der Waals surface area contributed by atoms with E-state index >= 15 is 0 Å². The molecule has 2 aromatic carbocycles. The highest BCUT2D eigenvalue weighted by Gasteiger charge is 2.24. The number of carbonyl (C=O) groups is 1. The van der Waals surface area contributed by atoms with Gasteiger partial charge in [-0.05, 0) is 44.0 Å². The molecule has 1 aliphatic rings. The fourth-order valence-corrected chi connectivity index (χ4v) is 4.98. The first kappa shape index (κ1) is 16.3. The first-order chi connectivity index (χ1) is 11.9. The predicted octanol–water partition coefficient (Wildman–Crippen LogP) is 5.31. The molecule has 0 saturated carbocycles. The number of hydrogen-bond donors (Lipinski definition) is 1. The molecule has 0 bridgehead atoms. The lowest BCUT2D eigenvalue weighted by Gasteiger charge is -2.23. The molecule has 0 fully saturated rings. The number of benzene rings is 2. The molecule has 0 radical (unpaired) electrons. The van der Waals surface area contributed by atoms with Crippen LogP contribution in [0.25, 0.3) is 10.9 Å². The van der Waals surface area contributed by atoms with Crippen molar-refractivity contribution < 1.29 is 4.79 Å². The molecule has 4 rings (SSSR count). The number of aromatic nitrogens is 1. The van der Waals surface area contributed by atoms with Gasteiger partial charge in [-0.25, -0.2) is 0 Å². The summed E-state index contributed by atoms with van der Waals surface area (Å²) in [6, 6.07) is 12.5. The second-order valence-electron chi connectivity index (χ2n) is 6.99. The molecule has 3 nitrogen and oxygen atoms in total. The van der Waals surface area contributed by atoms with E-state index in [0.717, 1.165) is 34.4 Å². The van der Waals surface area contributed by atoms with Crippen LogP contribution in [0, 0.1) is 20.8 Å². The topological polar surface area (TPSA) is 34.0 Å². The quantitative estimate of drug-likeness (QED) is 0.679. The van der Waals surface area contributed by atoms with Crippen LogP contribution < -0.4 is 5.32 Å². The van der Waals surface area contributed by atoms with Crippen molar-refractivity contribution in [2.45, 2.75) is 44.4 Å². The molecular formula is C21H22N2OS. The molecule has 2 heterocycles. The molecule has 0 aliphatic carbocycles. The fourth-order valence-electron chi connectivity index (χ4n) is 3.83. The Kier molecular flexibility index (Phi) is 3.88. The number of anilines is 1. The Bertz CT molecular complexity index is 980. The smallest absolute Gasteiger partial charge is 0.272 e. The Hall–Kier alpha value is -2.20. The first-order valence-corrected chi connectivity index (χ1v) is 9.50. The lowest BCUT2D eigenvalue weighted by Crippen LogP contribution is -2.22. The average Bonchev–Trinajstić information content (AvgIpc) is 2.91. The van der Waals surface area contributed by atoms with Gasteiger partial charge < -0.3 is 9.88 Å². The number of carbonyl (C=O) groups excluding carboxylic acids is 1. The molecule has 25 heavy (non-hydrogen) atoms. The highest BCUT2D eigenvalue weighted by atomic mass is 32.2. The second kappa shape index (κ2) is 5.95. The van der Waals surface area contributed by atoms with Crippen LogP contribution >= 0.6 is 11.8 Å². The van der Waals surface area contributed by atoms with Crippen molar-refractivity contribution in [1.82, 2.24) is 4.57 Å². The molecule has 1 aliphatic heterocycles. The summed E-state index contributed by atoms with van der Waals surface area (Å²) in [7, 11) is 0. The van der Waals surface area contributed by atoms with Crippen molar-refractivity contribution in [2.75, 3.05) is 5.32 Å². The van der Waals surface area contributed by atoms with Gasteiger partial charge >= 0.3 is 0 Å². The van der Waals surface area contributed by atoms with E-state index in [2.05, 4.69) is 54.1 Å². The summed E-state index contributed by atoms with van der Waals surface area (Å²) in [6.07, 6.45) is 0. The highest BCUT2D eigenvalue weighted by Crippen LogP contribution is 2.38. The van der Waals surface area contributed by atoms with Crippen LogP contribution in [0.15, 0.2) is 41.3 Å². The van der Waals surface area contributed by atoms with Crippen LogP contribution in [0.5, 0.6) is 0 Å². The normalized spacial score (nSPS) is 16.2. The SMILES string of the molecule is Cc1cc(C)c(NC(=O)c2cc3cccc4c3n2C[C@H](C)S4)c(C)c1. The van der Waals surface area contributed by atoms with Crippen molar-refractivity contribution in [1.29, 1.82) is 0 Å². The van der Waals surface area contributed by atoms with Gasteiger partial charge in [0.15, 0.2) is 0 Å². The van der Waals surface area contributed by atoms with Gasteiger partial charge in [-0.3, -0.25) is 4.79 Å². The molecular weight excluding hydrogens is 328 g/mol. The summed E-state index contributed by atoms with van der Waals surface area (Å²) in [5, 5.41) is 4.75. The third-order valence-corrected chi connectivity index (χ3v) is 5.93. The first-order valence-electron chi connectivity index (χ1n) is 8.62. The number of amides is 1. The molecule has 0 unspecified atom stereocenters. The number of nitrogens with one attached hydrogen (secondary N) is 1. The van der Waals surface area contributed by atoms with Gasteiger partial charge in [0.1, 0.15) is 5.69 Å². The molecule has 1 atom stereocenters. The van der Waals surface area contributed by atoms with Crippen molar-refractivity contribution >= 4 is 34.3 Å². The number of nitrogens with zero attached hydrogens (tertiary/aromatic N) is 1. The molecule has 4 heteroatoms. The summed E-state index contributed by atoms with van der Waals surface area (Å²) in [5.41, 5.74) is 6.27. The van der Waals surface area contributed by atoms with Gasteiger partial charge in [0.2, 0.25) is 0 Å². The van der Waals surface area contributed by atoms with Crippen molar-refractivity contribution in [2.24, 2.45) is 0 Å². The number of aryl methyl sites for hydroxylation is 3. The van der Waals surface area contributed by atoms with E-state index in [1.165, 1.54) is 16.0 Å². The number of rotatable bonds is 2. The van der Waals surface area contributed by atoms with E-state index < -0.39 is 0 Å². The van der Waals surface area contributed by atoms with E-state index in [1.807, 2.05) is 31.7 Å². The lowest BCUT2D eigenvalue weighted by molar-refractivity contribution is 0.101. The monoisotopic (exact) mass is 350 g/mol. The molecule has 128 valence electrons. The largest absolute Gasteiger partial charge is 0.334 e. The third kappa shape index (κ3) is 2.74. The van der Waals surface area contributed by atoms with Gasteiger partial charge in [0, 0.05) is 27.8 Å². The molecule has 3 aromatic rings. The molecule has 0 saturated heterocycles. The van der Waals surface area contributed by atoms with Gasteiger partial charge in [-0.1, -0.05) is 36.8 Å². The van der Waals surface area contributed by atoms with Crippen LogP contribution in [0.4, 0.5) is 5.69 Å². The fraction of sp³-hybridized carbons (Fsp3) is 0.286. The molecule has 1 aromatic heterocycles. The Balaban J connectivity index is 1.78. The third-order valence-electron chi connectivity index (χ3n) is 4.80. The van der Waals surface area contributed by atoms with E-state index in [9.17, 15) is 4.79 Å². The Morgan fingerprint density at radius 2 is 1.88 bits per heavy atom. The maximum atomic E-state index is 13.1. The minimum Gasteiger partial charge on any atom is -0.334 e. The maximum Gasteiger partial charge on any atom is 0.272 e. The summed E-state index contributed by atoms with van der Waals surface area (Å²) in [4.78, 5) is 14.3. The van der Waals surface area contributed by atoms with Gasteiger partial charge in [-0.2, -0.15) is 0 Å². The lowest BCUT2D eigenvalue weighted by atomic mass is 10.0. The second-order valence-corrected chi connectivity index (χ2v) is 8.47. The number of hydrogen-bond acceptors (Lipinski definition) is 2. The zero-order valence-electron chi connectivity index (χ0n) is 15.0. The Morgan fingerprint density at radius 3 is 2.60 bits per heavy atom. The van der Waals surface area contributed by atoms with Crippen LogP contribution in [0.3, 0.4) is 0 Å². The van der Waals surface area contributed by atoms with E-state index in [4.69, 9.17) is 0 Å². The number of thioether (sulfide) groups is 1. The van der Waals surface area contributed by atoms with Crippen LogP contribution in [-0.4, -0.2) is 15.7 Å². The standard InChI is InChI=1S/C21H22N2OS/c1-12-8-13(2)19(14(3)9-12)22-21(24)17-10-16-6-5-7-18-20(16)23(17)11-15(4)25-18/h5-10,15H,11H2,1-4H3,(H,22,24)/t15-/m0/s1. The molecule has 1 amide bonds. The average molecular weight is 350 g/mol. The van der Waals surface area contributed by atoms with Crippen LogP contribution in [-0.2, 0) is 6.54 Å². The van der Waals surface area contributed by atoms with Crippen molar-refractivity contribution in [3.05, 3.63) is 58.8 Å². The van der Waals surface area contributed by atoms with E-state index in [-0.39, 0.29) is 5.91 Å². The number of para-hydroxylation sites is 1. The zero-order valence-corrected chi connectivity index (χ0v) is 15.8. The summed E-state index contributed by atoms with van der Waals surface area (Å²) >= 11 is 1.89. The maximum absolute atomic E-state index is 13.1. The summed E-state index contributed by atoms with van der Waals surface area (Å²) in [5.74, 6) is -0.0312. The van der Waals surface area contributed by atoms with Gasteiger partial charge in [-0.15, -0.1) is 11.8 Å². The summed E-state index contributed by atoms with van der Waals surface area (Å²) in [6.45, 7) is 9.24. The van der Waals surface area contributed by atoms with Gasteiger partial charge in [0.05, 0.1) is 5.52 Å². The van der Waals surface area contributed by atoms with E-state index in [1.54, 1.807) is 0 Å². The zero-order chi connectivity index (χ0) is 17.7. The Labute approximate surface area is 152 Å². The predicted molar refractivity (Wildman–Crippen MR) is 106 cm³/mol. The van der Waals surface area contributed by atoms with Crippen molar-refractivity contribution in [3.63, 3.8) is 0 Å². The van der Waals surface area contributed by atoms with Crippen LogP contribution in [0.1, 0.15) is 34.1 Å². The molecule has 0 spiro atoms. The minimum absolute atomic E-state index is 0.0312. The van der Waals surface area contributed by atoms with Gasteiger partial charge in [0.25, 0.3) is 5.91 Å². The summed E-state index contributed by atoms with van der Waals surface area (Å²) < 4.78 is 2.18. The minimum atomic E-state index is -0.0312. The van der Waals surface area contributed by atoms with Crippen LogP contribution in [0.2, 0.25) is 0 Å². The molecule has 1 N–H and O–H groups in total. The van der Waals surface area contributed by atoms with Crippen molar-refractivity contribution in [3.8, 4) is 0 Å². The Morgan fingerprint density at radius 1 is 1.16 bits per heavy atom.